The normalized spacial score (nSPS) is 10.0. The lowest BCUT2D eigenvalue weighted by molar-refractivity contribution is -0.116. The topological polar surface area (TPSA) is 52.9 Å². The molecule has 0 unspecified atom stereocenters. The molecule has 0 saturated carbocycles. The Labute approximate surface area is 126 Å². The molecule has 1 heterocycles. The Kier molecular flexibility index (Phi) is 5.16. The number of benzene rings is 1. The van der Waals surface area contributed by atoms with Gasteiger partial charge in [-0.05, 0) is 42.5 Å². The highest BCUT2D eigenvalue weighted by Crippen LogP contribution is 2.21. The van der Waals surface area contributed by atoms with Gasteiger partial charge in [0.05, 0.1) is 11.3 Å². The average Bonchev–Trinajstić information content (AvgIpc) is 2.92. The van der Waals surface area contributed by atoms with Crippen molar-refractivity contribution in [3.05, 3.63) is 51.2 Å². The highest BCUT2D eigenvalue weighted by Gasteiger charge is 2.07. The van der Waals surface area contributed by atoms with Crippen molar-refractivity contribution in [2.45, 2.75) is 19.3 Å². The molecule has 0 saturated heterocycles. The molecule has 0 aliphatic heterocycles. The zero-order chi connectivity index (χ0) is 14.4. The molecule has 20 heavy (non-hydrogen) atoms. The zero-order valence-corrected chi connectivity index (χ0v) is 12.3. The summed E-state index contributed by atoms with van der Waals surface area (Å²) in [5.41, 5.74) is 0.891. The number of halogens is 1. The minimum atomic E-state index is -0.0969. The number of anilines is 1. The van der Waals surface area contributed by atoms with E-state index in [0.29, 0.717) is 22.7 Å². The third kappa shape index (κ3) is 4.09. The fraction of sp³-hybridized carbons (Fsp3) is 0.200. The van der Waals surface area contributed by atoms with E-state index in [-0.39, 0.29) is 5.91 Å². The third-order valence-corrected chi connectivity index (χ3v) is 3.95. The summed E-state index contributed by atoms with van der Waals surface area (Å²) in [5.74, 6) is -0.0969. The summed E-state index contributed by atoms with van der Waals surface area (Å²) in [5, 5.41) is 14.2. The SMILES string of the molecule is N#Cc1ccc(Cl)cc1NC(=O)CCCc1cccs1. The van der Waals surface area contributed by atoms with Crippen molar-refractivity contribution in [3.8, 4) is 6.07 Å². The molecule has 0 aliphatic carbocycles. The lowest BCUT2D eigenvalue weighted by atomic mass is 10.1. The van der Waals surface area contributed by atoms with Crippen LogP contribution in [0.4, 0.5) is 5.69 Å². The summed E-state index contributed by atoms with van der Waals surface area (Å²) < 4.78 is 0. The van der Waals surface area contributed by atoms with Crippen molar-refractivity contribution in [2.75, 3.05) is 5.32 Å². The first-order chi connectivity index (χ1) is 9.69. The molecule has 1 N–H and O–H groups in total. The van der Waals surface area contributed by atoms with Crippen LogP contribution in [0.25, 0.3) is 0 Å². The Morgan fingerprint density at radius 2 is 2.25 bits per heavy atom. The number of nitrogens with zero attached hydrogens (tertiary/aromatic N) is 1. The van der Waals surface area contributed by atoms with E-state index < -0.39 is 0 Å². The summed E-state index contributed by atoms with van der Waals surface area (Å²) in [6.45, 7) is 0. The molecule has 1 amide bonds. The second kappa shape index (κ2) is 7.09. The monoisotopic (exact) mass is 304 g/mol. The number of aryl methyl sites for hydroxylation is 1. The maximum atomic E-state index is 11.9. The second-order valence-electron chi connectivity index (χ2n) is 4.28. The van der Waals surface area contributed by atoms with Gasteiger partial charge in [0.2, 0.25) is 5.91 Å². The van der Waals surface area contributed by atoms with Gasteiger partial charge < -0.3 is 5.32 Å². The number of rotatable bonds is 5. The van der Waals surface area contributed by atoms with E-state index in [1.54, 1.807) is 29.5 Å². The van der Waals surface area contributed by atoms with Crippen LogP contribution in [-0.2, 0) is 11.2 Å². The largest absolute Gasteiger partial charge is 0.325 e. The summed E-state index contributed by atoms with van der Waals surface area (Å²) >= 11 is 7.56. The molecule has 1 aromatic heterocycles. The highest BCUT2D eigenvalue weighted by atomic mass is 35.5. The van der Waals surface area contributed by atoms with Gasteiger partial charge in [-0.15, -0.1) is 11.3 Å². The van der Waals surface area contributed by atoms with E-state index in [1.165, 1.54) is 4.88 Å². The van der Waals surface area contributed by atoms with E-state index in [4.69, 9.17) is 16.9 Å². The number of carbonyl (C=O) groups is 1. The first-order valence-corrected chi connectivity index (χ1v) is 7.46. The van der Waals surface area contributed by atoms with Gasteiger partial charge in [0.1, 0.15) is 6.07 Å². The minimum absolute atomic E-state index is 0.0969. The van der Waals surface area contributed by atoms with Gasteiger partial charge in [-0.25, -0.2) is 0 Å². The van der Waals surface area contributed by atoms with Crippen LogP contribution in [0.2, 0.25) is 5.02 Å². The van der Waals surface area contributed by atoms with Crippen LogP contribution < -0.4 is 5.32 Å². The summed E-state index contributed by atoms with van der Waals surface area (Å²) in [6.07, 6.45) is 2.11. The first-order valence-electron chi connectivity index (χ1n) is 6.21. The number of hydrogen-bond donors (Lipinski definition) is 1. The summed E-state index contributed by atoms with van der Waals surface area (Å²) in [4.78, 5) is 13.1. The fourth-order valence-electron chi connectivity index (χ4n) is 1.81. The average molecular weight is 305 g/mol. The van der Waals surface area contributed by atoms with E-state index in [1.807, 2.05) is 17.5 Å². The second-order valence-corrected chi connectivity index (χ2v) is 5.75. The standard InChI is InChI=1S/C15H13ClN2OS/c16-12-7-6-11(10-17)14(9-12)18-15(19)5-1-3-13-4-2-8-20-13/h2,4,6-9H,1,3,5H2,(H,18,19). The van der Waals surface area contributed by atoms with Crippen molar-refractivity contribution < 1.29 is 4.79 Å². The van der Waals surface area contributed by atoms with E-state index in [0.717, 1.165) is 12.8 Å². The molecule has 0 radical (unpaired) electrons. The predicted octanol–water partition coefficient (Wildman–Crippen LogP) is 4.23. The fourth-order valence-corrected chi connectivity index (χ4v) is 2.73. The van der Waals surface area contributed by atoms with Gasteiger partial charge in [0.15, 0.2) is 0 Å². The van der Waals surface area contributed by atoms with Crippen molar-refractivity contribution in [1.82, 2.24) is 0 Å². The number of thiophene rings is 1. The number of carbonyl (C=O) groups excluding carboxylic acids is 1. The lowest BCUT2D eigenvalue weighted by Crippen LogP contribution is -2.12. The molecule has 0 spiro atoms. The van der Waals surface area contributed by atoms with E-state index in [2.05, 4.69) is 11.4 Å². The number of nitrogens with one attached hydrogen (secondary N) is 1. The smallest absolute Gasteiger partial charge is 0.224 e. The Hall–Kier alpha value is -1.83. The van der Waals surface area contributed by atoms with Crippen LogP contribution in [0.1, 0.15) is 23.3 Å². The molecular weight excluding hydrogens is 292 g/mol. The van der Waals surface area contributed by atoms with Crippen LogP contribution in [-0.4, -0.2) is 5.91 Å². The Morgan fingerprint density at radius 1 is 1.40 bits per heavy atom. The number of amides is 1. The molecule has 1 aromatic carbocycles. The van der Waals surface area contributed by atoms with E-state index >= 15 is 0 Å². The van der Waals surface area contributed by atoms with Crippen molar-refractivity contribution >= 4 is 34.5 Å². The van der Waals surface area contributed by atoms with Crippen LogP contribution >= 0.6 is 22.9 Å². The van der Waals surface area contributed by atoms with Gasteiger partial charge in [0.25, 0.3) is 0 Å². The van der Waals surface area contributed by atoms with Gasteiger partial charge in [0, 0.05) is 16.3 Å². The Balaban J connectivity index is 1.88. The van der Waals surface area contributed by atoms with Gasteiger partial charge in [-0.1, -0.05) is 17.7 Å². The molecule has 2 aromatic rings. The molecule has 3 nitrogen and oxygen atoms in total. The van der Waals surface area contributed by atoms with Crippen LogP contribution in [0.5, 0.6) is 0 Å². The van der Waals surface area contributed by atoms with Crippen molar-refractivity contribution in [2.24, 2.45) is 0 Å². The van der Waals surface area contributed by atoms with Gasteiger partial charge in [-0.2, -0.15) is 5.26 Å². The van der Waals surface area contributed by atoms with Gasteiger partial charge >= 0.3 is 0 Å². The molecule has 2 rings (SSSR count). The van der Waals surface area contributed by atoms with Crippen LogP contribution in [0.3, 0.4) is 0 Å². The Morgan fingerprint density at radius 3 is 2.95 bits per heavy atom. The van der Waals surface area contributed by atoms with Crippen LogP contribution in [0, 0.1) is 11.3 Å². The third-order valence-electron chi connectivity index (χ3n) is 2.78. The predicted molar refractivity (Wildman–Crippen MR) is 82.1 cm³/mol. The van der Waals surface area contributed by atoms with Gasteiger partial charge in [-0.3, -0.25) is 4.79 Å². The minimum Gasteiger partial charge on any atom is -0.325 e. The molecule has 5 heteroatoms. The lowest BCUT2D eigenvalue weighted by Gasteiger charge is -2.07. The first kappa shape index (κ1) is 14.6. The molecule has 0 aliphatic rings. The highest BCUT2D eigenvalue weighted by molar-refractivity contribution is 7.09. The summed E-state index contributed by atoms with van der Waals surface area (Å²) in [6, 6.07) is 10.9. The molecule has 102 valence electrons. The molecule has 0 bridgehead atoms. The molecule has 0 fully saturated rings. The zero-order valence-electron chi connectivity index (χ0n) is 10.7. The molecule has 0 atom stereocenters. The van der Waals surface area contributed by atoms with Crippen molar-refractivity contribution in [3.63, 3.8) is 0 Å². The van der Waals surface area contributed by atoms with E-state index in [9.17, 15) is 4.79 Å². The maximum Gasteiger partial charge on any atom is 0.224 e. The quantitative estimate of drug-likeness (QED) is 0.898. The maximum absolute atomic E-state index is 11.9. The van der Waals surface area contributed by atoms with Crippen LogP contribution in [0.15, 0.2) is 35.7 Å². The number of hydrogen-bond acceptors (Lipinski definition) is 3. The Bertz CT molecular complexity index is 632. The molecular formula is C15H13ClN2OS. The summed E-state index contributed by atoms with van der Waals surface area (Å²) in [7, 11) is 0. The number of nitriles is 1. The van der Waals surface area contributed by atoms with Crippen molar-refractivity contribution in [1.29, 1.82) is 5.26 Å².